The molecule has 0 bridgehead atoms. The summed E-state index contributed by atoms with van der Waals surface area (Å²) in [5.41, 5.74) is 0. The average Bonchev–Trinajstić information content (AvgIpc) is 2.36. The van der Waals surface area contributed by atoms with Crippen LogP contribution in [0, 0.1) is 11.6 Å². The van der Waals surface area contributed by atoms with Crippen LogP contribution < -0.4 is 4.72 Å². The smallest absolute Gasteiger partial charge is 0.303 e. The van der Waals surface area contributed by atoms with Crippen LogP contribution in [-0.4, -0.2) is 26.0 Å². The molecule has 0 aliphatic heterocycles. The fourth-order valence-electron chi connectivity index (χ4n) is 1.55. The molecule has 0 aliphatic rings. The molecule has 0 amide bonds. The SMILES string of the molecule is O=C(O)CCCCCNS(=O)(=O)c1cc(F)ccc1F. The second-order valence-corrected chi connectivity index (χ2v) is 5.91. The quantitative estimate of drug-likeness (QED) is 0.718. The maximum atomic E-state index is 13.3. The molecule has 112 valence electrons. The van der Waals surface area contributed by atoms with Gasteiger partial charge in [0.15, 0.2) is 0 Å². The van der Waals surface area contributed by atoms with Crippen LogP contribution in [0.4, 0.5) is 8.78 Å². The molecule has 0 fully saturated rings. The highest BCUT2D eigenvalue weighted by molar-refractivity contribution is 7.89. The summed E-state index contributed by atoms with van der Waals surface area (Å²) in [6.45, 7) is 0.0396. The molecule has 0 aliphatic carbocycles. The molecule has 0 unspecified atom stereocenters. The van der Waals surface area contributed by atoms with Gasteiger partial charge in [0.2, 0.25) is 10.0 Å². The Hall–Kier alpha value is -1.54. The number of carbonyl (C=O) groups is 1. The zero-order valence-electron chi connectivity index (χ0n) is 10.6. The number of unbranched alkanes of at least 4 members (excludes halogenated alkanes) is 2. The highest BCUT2D eigenvalue weighted by atomic mass is 32.2. The number of nitrogens with one attached hydrogen (secondary N) is 1. The zero-order chi connectivity index (χ0) is 15.2. The van der Waals surface area contributed by atoms with Crippen molar-refractivity contribution in [2.24, 2.45) is 0 Å². The van der Waals surface area contributed by atoms with Gasteiger partial charge in [-0.1, -0.05) is 6.42 Å². The van der Waals surface area contributed by atoms with Crippen molar-refractivity contribution in [1.82, 2.24) is 4.72 Å². The van der Waals surface area contributed by atoms with E-state index in [0.29, 0.717) is 25.3 Å². The van der Waals surface area contributed by atoms with Crippen LogP contribution in [0.3, 0.4) is 0 Å². The van der Waals surface area contributed by atoms with E-state index in [0.717, 1.165) is 12.1 Å². The molecule has 8 heteroatoms. The standard InChI is InChI=1S/C12H15F2NO4S/c13-9-5-6-10(14)11(8-9)20(18,19)15-7-3-1-2-4-12(16)17/h5-6,8,15H,1-4,7H2,(H,16,17). The van der Waals surface area contributed by atoms with E-state index in [1.165, 1.54) is 0 Å². The van der Waals surface area contributed by atoms with Gasteiger partial charge in [-0.2, -0.15) is 0 Å². The summed E-state index contributed by atoms with van der Waals surface area (Å²) < 4.78 is 51.9. The molecule has 0 saturated heterocycles. The van der Waals surface area contributed by atoms with Gasteiger partial charge in [0.25, 0.3) is 0 Å². The molecular formula is C12H15F2NO4S. The minimum atomic E-state index is -4.10. The van der Waals surface area contributed by atoms with Crippen molar-refractivity contribution in [1.29, 1.82) is 0 Å². The van der Waals surface area contributed by atoms with Gasteiger partial charge in [-0.05, 0) is 31.0 Å². The van der Waals surface area contributed by atoms with E-state index in [1.807, 2.05) is 0 Å². The van der Waals surface area contributed by atoms with Gasteiger partial charge < -0.3 is 5.11 Å². The summed E-state index contributed by atoms with van der Waals surface area (Å²) in [4.78, 5) is 9.52. The first-order valence-electron chi connectivity index (χ1n) is 5.99. The fraction of sp³-hybridized carbons (Fsp3) is 0.417. The van der Waals surface area contributed by atoms with Gasteiger partial charge in [0, 0.05) is 13.0 Å². The molecule has 0 atom stereocenters. The molecule has 2 N–H and O–H groups in total. The number of benzene rings is 1. The number of hydrogen-bond acceptors (Lipinski definition) is 3. The van der Waals surface area contributed by atoms with Crippen LogP contribution >= 0.6 is 0 Å². The molecule has 1 aromatic carbocycles. The Morgan fingerprint density at radius 3 is 2.55 bits per heavy atom. The van der Waals surface area contributed by atoms with Crippen LogP contribution in [0.2, 0.25) is 0 Å². The first kappa shape index (κ1) is 16.5. The van der Waals surface area contributed by atoms with Crippen molar-refractivity contribution >= 4 is 16.0 Å². The number of hydrogen-bond donors (Lipinski definition) is 2. The van der Waals surface area contributed by atoms with E-state index in [9.17, 15) is 22.0 Å². The number of rotatable bonds is 8. The number of halogens is 2. The Morgan fingerprint density at radius 1 is 1.20 bits per heavy atom. The van der Waals surface area contributed by atoms with Crippen molar-refractivity contribution in [3.05, 3.63) is 29.8 Å². The van der Waals surface area contributed by atoms with E-state index < -0.39 is 32.5 Å². The highest BCUT2D eigenvalue weighted by Gasteiger charge is 2.19. The van der Waals surface area contributed by atoms with Crippen LogP contribution in [0.5, 0.6) is 0 Å². The number of sulfonamides is 1. The first-order valence-corrected chi connectivity index (χ1v) is 7.48. The molecule has 0 spiro atoms. The van der Waals surface area contributed by atoms with Gasteiger partial charge >= 0.3 is 5.97 Å². The van der Waals surface area contributed by atoms with Crippen molar-refractivity contribution in [2.45, 2.75) is 30.6 Å². The molecule has 0 saturated carbocycles. The number of carboxylic acid groups (broad SMARTS) is 1. The average molecular weight is 307 g/mol. The van der Waals surface area contributed by atoms with Crippen molar-refractivity contribution in [3.63, 3.8) is 0 Å². The molecule has 0 aromatic heterocycles. The van der Waals surface area contributed by atoms with Crippen molar-refractivity contribution in [2.75, 3.05) is 6.54 Å². The Kier molecular flexibility index (Phi) is 6.03. The van der Waals surface area contributed by atoms with Crippen LogP contribution in [0.25, 0.3) is 0 Å². The summed E-state index contributed by atoms with van der Waals surface area (Å²) in [7, 11) is -4.10. The molecular weight excluding hydrogens is 292 g/mol. The third kappa shape index (κ3) is 5.22. The molecule has 0 heterocycles. The van der Waals surface area contributed by atoms with Crippen LogP contribution in [0.1, 0.15) is 25.7 Å². The summed E-state index contributed by atoms with van der Waals surface area (Å²) in [6.07, 6.45) is 1.40. The van der Waals surface area contributed by atoms with Crippen molar-refractivity contribution < 1.29 is 27.1 Å². The van der Waals surface area contributed by atoms with E-state index >= 15 is 0 Å². The Morgan fingerprint density at radius 2 is 1.90 bits per heavy atom. The second-order valence-electron chi connectivity index (χ2n) is 4.18. The minimum absolute atomic E-state index is 0.0191. The first-order chi connectivity index (χ1) is 9.33. The van der Waals surface area contributed by atoms with E-state index in [4.69, 9.17) is 5.11 Å². The summed E-state index contributed by atoms with van der Waals surface area (Å²) in [5.74, 6) is -2.77. The van der Waals surface area contributed by atoms with Gasteiger partial charge in [0.05, 0.1) is 0 Å². The van der Waals surface area contributed by atoms with Crippen LogP contribution in [0.15, 0.2) is 23.1 Å². The van der Waals surface area contributed by atoms with Crippen LogP contribution in [-0.2, 0) is 14.8 Å². The molecule has 5 nitrogen and oxygen atoms in total. The predicted molar refractivity (Wildman–Crippen MR) is 67.7 cm³/mol. The third-order valence-electron chi connectivity index (χ3n) is 2.54. The summed E-state index contributed by atoms with van der Waals surface area (Å²) in [5, 5.41) is 8.42. The fourth-order valence-corrected chi connectivity index (χ4v) is 2.71. The maximum Gasteiger partial charge on any atom is 0.303 e. The highest BCUT2D eigenvalue weighted by Crippen LogP contribution is 2.15. The Labute approximate surface area is 115 Å². The van der Waals surface area contributed by atoms with Gasteiger partial charge in [0.1, 0.15) is 16.5 Å². The normalized spacial score (nSPS) is 11.5. The lowest BCUT2D eigenvalue weighted by atomic mass is 10.2. The van der Waals surface area contributed by atoms with Gasteiger partial charge in [-0.15, -0.1) is 0 Å². The van der Waals surface area contributed by atoms with Crippen molar-refractivity contribution in [3.8, 4) is 0 Å². The Bertz CT molecular complexity index is 575. The molecule has 1 rings (SSSR count). The van der Waals surface area contributed by atoms with E-state index in [2.05, 4.69) is 4.72 Å². The topological polar surface area (TPSA) is 83.5 Å². The minimum Gasteiger partial charge on any atom is -0.481 e. The number of carboxylic acids is 1. The second kappa shape index (κ2) is 7.30. The monoisotopic (exact) mass is 307 g/mol. The van der Waals surface area contributed by atoms with Gasteiger partial charge in [-0.3, -0.25) is 4.79 Å². The van der Waals surface area contributed by atoms with E-state index in [1.54, 1.807) is 0 Å². The zero-order valence-corrected chi connectivity index (χ0v) is 11.4. The van der Waals surface area contributed by atoms with Gasteiger partial charge in [-0.25, -0.2) is 21.9 Å². The third-order valence-corrected chi connectivity index (χ3v) is 4.02. The summed E-state index contributed by atoms with van der Waals surface area (Å²) >= 11 is 0. The lowest BCUT2D eigenvalue weighted by Crippen LogP contribution is -2.25. The van der Waals surface area contributed by atoms with E-state index in [-0.39, 0.29) is 13.0 Å². The summed E-state index contributed by atoms with van der Waals surface area (Å²) in [6, 6.07) is 2.19. The predicted octanol–water partition coefficient (Wildman–Crippen LogP) is 1.89. The molecule has 1 aromatic rings. The number of aliphatic carboxylic acids is 1. The lowest BCUT2D eigenvalue weighted by molar-refractivity contribution is -0.137. The molecule has 0 radical (unpaired) electrons. The largest absolute Gasteiger partial charge is 0.481 e. The maximum absolute atomic E-state index is 13.3. The lowest BCUT2D eigenvalue weighted by Gasteiger charge is -2.07. The Balaban J connectivity index is 2.50. The molecule has 20 heavy (non-hydrogen) atoms.